The van der Waals surface area contributed by atoms with E-state index < -0.39 is 10.0 Å². The van der Waals surface area contributed by atoms with E-state index in [-0.39, 0.29) is 4.90 Å². The number of ether oxygens (including phenoxy) is 1. The van der Waals surface area contributed by atoms with Crippen LogP contribution in [0.4, 0.5) is 0 Å². The molecule has 106 valence electrons. The zero-order chi connectivity index (χ0) is 14.6. The Labute approximate surface area is 119 Å². The molecule has 0 saturated carbocycles. The Morgan fingerprint density at radius 1 is 1.05 bits per heavy atom. The van der Waals surface area contributed by atoms with Gasteiger partial charge in [0.25, 0.3) is 0 Å². The van der Waals surface area contributed by atoms with E-state index in [2.05, 4.69) is 0 Å². The van der Waals surface area contributed by atoms with Crippen molar-refractivity contribution in [1.82, 2.24) is 0 Å². The van der Waals surface area contributed by atoms with Crippen molar-refractivity contribution in [3.63, 3.8) is 0 Å². The molecule has 2 aromatic carbocycles. The maximum absolute atomic E-state index is 11.8. The maximum atomic E-state index is 11.8. The van der Waals surface area contributed by atoms with Crippen LogP contribution in [-0.2, 0) is 21.4 Å². The van der Waals surface area contributed by atoms with Gasteiger partial charge in [-0.05, 0) is 24.1 Å². The number of rotatable bonds is 5. The van der Waals surface area contributed by atoms with E-state index in [1.165, 1.54) is 6.07 Å². The van der Waals surface area contributed by atoms with E-state index in [4.69, 9.17) is 9.88 Å². The van der Waals surface area contributed by atoms with Gasteiger partial charge in [-0.2, -0.15) is 0 Å². The predicted molar refractivity (Wildman–Crippen MR) is 78.6 cm³/mol. The Hall–Kier alpha value is -1.69. The minimum absolute atomic E-state index is 0.126. The Bertz CT molecular complexity index is 682. The van der Waals surface area contributed by atoms with E-state index in [1.807, 2.05) is 43.3 Å². The number of benzene rings is 2. The van der Waals surface area contributed by atoms with Crippen molar-refractivity contribution in [1.29, 1.82) is 0 Å². The first-order valence-electron chi connectivity index (χ1n) is 6.32. The van der Waals surface area contributed by atoms with E-state index in [0.717, 1.165) is 11.1 Å². The Kier molecular flexibility index (Phi) is 4.54. The maximum Gasteiger partial charge on any atom is 0.238 e. The normalized spacial score (nSPS) is 11.5. The minimum Gasteiger partial charge on any atom is -0.377 e. The average molecular weight is 291 g/mol. The first kappa shape index (κ1) is 14.7. The molecule has 0 amide bonds. The summed E-state index contributed by atoms with van der Waals surface area (Å²) in [6.07, 6.45) is 0. The molecule has 0 aliphatic rings. The van der Waals surface area contributed by atoms with Gasteiger partial charge in [-0.1, -0.05) is 42.5 Å². The summed E-state index contributed by atoms with van der Waals surface area (Å²) in [5.74, 6) is 0. The highest BCUT2D eigenvalue weighted by atomic mass is 32.2. The van der Waals surface area contributed by atoms with Crippen LogP contribution in [0.2, 0.25) is 0 Å². The molecule has 0 spiro atoms. The van der Waals surface area contributed by atoms with Gasteiger partial charge < -0.3 is 4.74 Å². The summed E-state index contributed by atoms with van der Waals surface area (Å²) in [7, 11) is -3.78. The molecule has 4 nitrogen and oxygen atoms in total. The third-order valence-electron chi connectivity index (χ3n) is 2.94. The predicted octanol–water partition coefficient (Wildman–Crippen LogP) is 2.54. The summed E-state index contributed by atoms with van der Waals surface area (Å²) in [4.78, 5) is 0.126. The van der Waals surface area contributed by atoms with Crippen molar-refractivity contribution in [3.8, 4) is 11.1 Å². The highest BCUT2D eigenvalue weighted by Gasteiger charge is 2.18. The van der Waals surface area contributed by atoms with Crippen LogP contribution in [-0.4, -0.2) is 15.0 Å². The lowest BCUT2D eigenvalue weighted by atomic mass is 10.00. The molecule has 2 N–H and O–H groups in total. The summed E-state index contributed by atoms with van der Waals surface area (Å²) >= 11 is 0. The lowest BCUT2D eigenvalue weighted by molar-refractivity contribution is 0.134. The van der Waals surface area contributed by atoms with Gasteiger partial charge in [-0.25, -0.2) is 13.6 Å². The molecule has 2 rings (SSSR count). The number of hydrogen-bond acceptors (Lipinski definition) is 3. The minimum atomic E-state index is -3.78. The van der Waals surface area contributed by atoms with Crippen LogP contribution in [0, 0.1) is 0 Å². The molecule has 0 aliphatic carbocycles. The molecule has 0 bridgehead atoms. The van der Waals surface area contributed by atoms with Gasteiger partial charge in [0.15, 0.2) is 0 Å². The molecule has 0 atom stereocenters. The third-order valence-corrected chi connectivity index (χ3v) is 3.90. The second-order valence-corrected chi connectivity index (χ2v) is 5.87. The molecule has 0 unspecified atom stereocenters. The number of primary sulfonamides is 1. The summed E-state index contributed by atoms with van der Waals surface area (Å²) in [5, 5.41) is 5.32. The van der Waals surface area contributed by atoms with Gasteiger partial charge in [0, 0.05) is 12.2 Å². The molecular weight excluding hydrogens is 274 g/mol. The highest BCUT2D eigenvalue weighted by Crippen LogP contribution is 2.30. The zero-order valence-electron chi connectivity index (χ0n) is 11.2. The Morgan fingerprint density at radius 2 is 1.75 bits per heavy atom. The third kappa shape index (κ3) is 3.25. The quantitative estimate of drug-likeness (QED) is 0.920. The van der Waals surface area contributed by atoms with Crippen LogP contribution < -0.4 is 5.14 Å². The lowest BCUT2D eigenvalue weighted by Crippen LogP contribution is -2.14. The van der Waals surface area contributed by atoms with Gasteiger partial charge in [-0.3, -0.25) is 0 Å². The standard InChI is InChI=1S/C15H17NO3S/c1-2-19-11-13-9-6-10-14(20(16,17)18)15(13)12-7-4-3-5-8-12/h3-10H,2,11H2,1H3,(H2,16,17,18). The molecule has 0 fully saturated rings. The number of hydrogen-bond donors (Lipinski definition) is 1. The molecule has 0 aliphatic heterocycles. The molecule has 0 saturated heterocycles. The van der Waals surface area contributed by atoms with Gasteiger partial charge >= 0.3 is 0 Å². The molecule has 0 heterocycles. The summed E-state index contributed by atoms with van der Waals surface area (Å²) in [5.41, 5.74) is 2.24. The summed E-state index contributed by atoms with van der Waals surface area (Å²) in [6.45, 7) is 2.81. The van der Waals surface area contributed by atoms with Gasteiger partial charge in [0.1, 0.15) is 0 Å². The van der Waals surface area contributed by atoms with Crippen LogP contribution >= 0.6 is 0 Å². The first-order valence-corrected chi connectivity index (χ1v) is 7.86. The molecule has 5 heteroatoms. The van der Waals surface area contributed by atoms with E-state index in [1.54, 1.807) is 6.07 Å². The SMILES string of the molecule is CCOCc1cccc(S(N)(=O)=O)c1-c1ccccc1. The van der Waals surface area contributed by atoms with E-state index in [0.29, 0.717) is 18.8 Å². The van der Waals surface area contributed by atoms with Gasteiger partial charge in [0.2, 0.25) is 10.0 Å². The molecule has 2 aromatic rings. The summed E-state index contributed by atoms with van der Waals surface area (Å²) in [6, 6.07) is 14.4. The smallest absolute Gasteiger partial charge is 0.238 e. The fourth-order valence-electron chi connectivity index (χ4n) is 2.08. The van der Waals surface area contributed by atoms with Gasteiger partial charge in [0.05, 0.1) is 11.5 Å². The van der Waals surface area contributed by atoms with Crippen molar-refractivity contribution in [2.45, 2.75) is 18.4 Å². The van der Waals surface area contributed by atoms with E-state index in [9.17, 15) is 8.42 Å². The lowest BCUT2D eigenvalue weighted by Gasteiger charge is -2.14. The topological polar surface area (TPSA) is 69.4 Å². The monoisotopic (exact) mass is 291 g/mol. The van der Waals surface area contributed by atoms with Crippen molar-refractivity contribution >= 4 is 10.0 Å². The van der Waals surface area contributed by atoms with Crippen molar-refractivity contribution in [2.24, 2.45) is 5.14 Å². The van der Waals surface area contributed by atoms with Crippen LogP contribution in [0.5, 0.6) is 0 Å². The number of sulfonamides is 1. The largest absolute Gasteiger partial charge is 0.377 e. The van der Waals surface area contributed by atoms with Crippen LogP contribution in [0.15, 0.2) is 53.4 Å². The molecule has 20 heavy (non-hydrogen) atoms. The van der Waals surface area contributed by atoms with E-state index >= 15 is 0 Å². The van der Waals surface area contributed by atoms with Crippen LogP contribution in [0.25, 0.3) is 11.1 Å². The Morgan fingerprint density at radius 3 is 2.35 bits per heavy atom. The zero-order valence-corrected chi connectivity index (χ0v) is 12.1. The highest BCUT2D eigenvalue weighted by molar-refractivity contribution is 7.89. The van der Waals surface area contributed by atoms with Crippen LogP contribution in [0.3, 0.4) is 0 Å². The molecule has 0 radical (unpaired) electrons. The average Bonchev–Trinajstić information content (AvgIpc) is 2.44. The van der Waals surface area contributed by atoms with Gasteiger partial charge in [-0.15, -0.1) is 0 Å². The fourth-order valence-corrected chi connectivity index (χ4v) is 2.88. The second kappa shape index (κ2) is 6.17. The van der Waals surface area contributed by atoms with Crippen molar-refractivity contribution in [2.75, 3.05) is 6.61 Å². The summed E-state index contributed by atoms with van der Waals surface area (Å²) < 4.78 is 29.0. The van der Waals surface area contributed by atoms with Crippen molar-refractivity contribution in [3.05, 3.63) is 54.1 Å². The fraction of sp³-hybridized carbons (Fsp3) is 0.200. The Balaban J connectivity index is 2.66. The molecule has 0 aromatic heterocycles. The first-order chi connectivity index (χ1) is 9.54. The number of nitrogens with two attached hydrogens (primary N) is 1. The van der Waals surface area contributed by atoms with Crippen molar-refractivity contribution < 1.29 is 13.2 Å². The molecular formula is C15H17NO3S. The second-order valence-electron chi connectivity index (χ2n) is 4.34. The van der Waals surface area contributed by atoms with Crippen LogP contribution in [0.1, 0.15) is 12.5 Å².